The van der Waals surface area contributed by atoms with Crippen molar-refractivity contribution < 1.29 is 29.0 Å². The van der Waals surface area contributed by atoms with Gasteiger partial charge in [-0.05, 0) is 76.5 Å². The van der Waals surface area contributed by atoms with Crippen molar-refractivity contribution in [1.29, 1.82) is 5.41 Å². The van der Waals surface area contributed by atoms with E-state index in [4.69, 9.17) is 20.6 Å². The number of hydrogen-bond acceptors (Lipinski definition) is 7. The molecule has 1 fully saturated rings. The monoisotopic (exact) mass is 514 g/mol. The second kappa shape index (κ2) is 12.6. The Bertz CT molecular complexity index is 1110. The van der Waals surface area contributed by atoms with E-state index >= 15 is 0 Å². The Morgan fingerprint density at radius 3 is 2.59 bits per heavy atom. The Hall–Kier alpha value is -3.50. The van der Waals surface area contributed by atoms with Gasteiger partial charge < -0.3 is 30.5 Å². The highest BCUT2D eigenvalue weighted by molar-refractivity contribution is 6.00. The fourth-order valence-corrected chi connectivity index (χ4v) is 4.12. The minimum atomic E-state index is -1.75. The van der Waals surface area contributed by atoms with Gasteiger partial charge in [0.25, 0.3) is 11.8 Å². The van der Waals surface area contributed by atoms with Crippen LogP contribution in [0.15, 0.2) is 41.6 Å². The first-order chi connectivity index (χ1) is 17.4. The summed E-state index contributed by atoms with van der Waals surface area (Å²) in [5.41, 5.74) is 7.51. The summed E-state index contributed by atoms with van der Waals surface area (Å²) in [6.45, 7) is 11.3. The molecule has 1 heterocycles. The Morgan fingerprint density at radius 2 is 2.05 bits per heavy atom. The normalized spacial score (nSPS) is 17.9. The lowest BCUT2D eigenvalue weighted by atomic mass is 9.83. The van der Waals surface area contributed by atoms with Crippen molar-refractivity contribution in [3.05, 3.63) is 52.7 Å². The molecule has 1 aromatic rings. The average Bonchev–Trinajstić information content (AvgIpc) is 2.84. The number of carbonyl (C=O) groups excluding carboxylic acids is 3. The van der Waals surface area contributed by atoms with Gasteiger partial charge in [-0.2, -0.15) is 0 Å². The quantitative estimate of drug-likeness (QED) is 0.162. The van der Waals surface area contributed by atoms with Crippen molar-refractivity contribution in [3.8, 4) is 0 Å². The number of aryl methyl sites for hydroxylation is 1. The summed E-state index contributed by atoms with van der Waals surface area (Å²) < 4.78 is 10.7. The Kier molecular flexibility index (Phi) is 10.2. The maximum absolute atomic E-state index is 13.3. The molecule has 1 aromatic carbocycles. The maximum Gasteiger partial charge on any atom is 0.315 e. The van der Waals surface area contributed by atoms with Crippen LogP contribution in [0, 0.1) is 17.7 Å². The zero-order valence-electron chi connectivity index (χ0n) is 22.4. The topological polar surface area (TPSA) is 155 Å². The van der Waals surface area contributed by atoms with E-state index in [2.05, 4.69) is 5.32 Å². The van der Waals surface area contributed by atoms with E-state index in [1.165, 1.54) is 4.90 Å². The number of nitrogen functional groups attached to an aromatic ring is 1. The molecule has 202 valence electrons. The van der Waals surface area contributed by atoms with Crippen LogP contribution in [-0.4, -0.2) is 65.6 Å². The largest absolute Gasteiger partial charge is 0.465 e. The van der Waals surface area contributed by atoms with Crippen LogP contribution in [0.3, 0.4) is 0 Å². The number of rotatable bonds is 10. The smallest absolute Gasteiger partial charge is 0.315 e. The van der Waals surface area contributed by atoms with E-state index in [-0.39, 0.29) is 31.6 Å². The SMILES string of the molecule is C/C=C(\C=C(/CC)N1CCO[C@H]([C@@H](O)C(=O)Nc2ccc(C(=N)N)c(C)c2)C1=O)C(C)(C)C(=O)OCC. The van der Waals surface area contributed by atoms with Crippen LogP contribution in [0.2, 0.25) is 0 Å². The predicted octanol–water partition coefficient (Wildman–Crippen LogP) is 2.64. The van der Waals surface area contributed by atoms with E-state index < -0.39 is 29.4 Å². The molecule has 37 heavy (non-hydrogen) atoms. The fourth-order valence-electron chi connectivity index (χ4n) is 4.12. The number of hydrogen-bond donors (Lipinski definition) is 4. The van der Waals surface area contributed by atoms with Crippen LogP contribution >= 0.6 is 0 Å². The first-order valence-corrected chi connectivity index (χ1v) is 12.3. The average molecular weight is 515 g/mol. The number of esters is 1. The zero-order valence-corrected chi connectivity index (χ0v) is 22.4. The number of aliphatic hydroxyl groups excluding tert-OH is 1. The molecule has 2 atom stereocenters. The van der Waals surface area contributed by atoms with Crippen molar-refractivity contribution in [2.75, 3.05) is 25.1 Å². The number of benzene rings is 1. The van der Waals surface area contributed by atoms with Crippen molar-refractivity contribution in [3.63, 3.8) is 0 Å². The van der Waals surface area contributed by atoms with E-state index in [1.54, 1.807) is 58.0 Å². The summed E-state index contributed by atoms with van der Waals surface area (Å²) in [6, 6.07) is 4.78. The number of nitrogens with one attached hydrogen (secondary N) is 2. The van der Waals surface area contributed by atoms with Gasteiger partial charge in [-0.25, -0.2) is 0 Å². The number of amidine groups is 1. The lowest BCUT2D eigenvalue weighted by Gasteiger charge is -2.36. The minimum absolute atomic E-state index is 0.0943. The summed E-state index contributed by atoms with van der Waals surface area (Å²) in [5.74, 6) is -1.81. The number of nitrogens with zero attached hydrogens (tertiary/aromatic N) is 1. The molecule has 1 saturated heterocycles. The van der Waals surface area contributed by atoms with Crippen molar-refractivity contribution >= 4 is 29.3 Å². The van der Waals surface area contributed by atoms with Gasteiger partial charge in [0.1, 0.15) is 5.84 Å². The number of aliphatic hydroxyl groups is 1. The van der Waals surface area contributed by atoms with Gasteiger partial charge >= 0.3 is 5.97 Å². The third-order valence-electron chi connectivity index (χ3n) is 6.31. The molecular formula is C27H38N4O6. The van der Waals surface area contributed by atoms with Gasteiger partial charge in [0.15, 0.2) is 12.2 Å². The molecule has 10 nitrogen and oxygen atoms in total. The Morgan fingerprint density at radius 1 is 1.38 bits per heavy atom. The Labute approximate surface area is 218 Å². The summed E-state index contributed by atoms with van der Waals surface area (Å²) in [5, 5.41) is 20.9. The van der Waals surface area contributed by atoms with Gasteiger partial charge in [0.05, 0.1) is 18.6 Å². The van der Waals surface area contributed by atoms with E-state index in [1.807, 2.05) is 13.8 Å². The van der Waals surface area contributed by atoms with Gasteiger partial charge in [0, 0.05) is 23.5 Å². The summed E-state index contributed by atoms with van der Waals surface area (Å²) in [7, 11) is 0. The zero-order chi connectivity index (χ0) is 27.9. The third kappa shape index (κ3) is 6.84. The van der Waals surface area contributed by atoms with Gasteiger partial charge in [-0.1, -0.05) is 13.0 Å². The van der Waals surface area contributed by atoms with Crippen molar-refractivity contribution in [2.24, 2.45) is 11.1 Å². The standard InChI is InChI=1S/C27H38N4O6/c1-7-17(27(5,6)26(35)36-9-3)15-19(8-2)31-12-13-37-22(25(31)34)21(32)24(33)30-18-10-11-20(23(28)29)16(4)14-18/h7,10-11,14-15,21-22,32H,8-9,12-13H2,1-6H3,(H3,28,29)(H,30,33)/b17-7+,19-15+/t21-,22-/m1/s1. The van der Waals surface area contributed by atoms with Crippen LogP contribution in [0.1, 0.15) is 52.2 Å². The first-order valence-electron chi connectivity index (χ1n) is 12.3. The van der Waals surface area contributed by atoms with Crippen LogP contribution in [0.4, 0.5) is 5.69 Å². The number of amides is 2. The van der Waals surface area contributed by atoms with Gasteiger partial charge in [-0.15, -0.1) is 0 Å². The van der Waals surface area contributed by atoms with Crippen LogP contribution in [0.25, 0.3) is 0 Å². The van der Waals surface area contributed by atoms with Crippen LogP contribution < -0.4 is 11.1 Å². The van der Waals surface area contributed by atoms with Gasteiger partial charge in [-0.3, -0.25) is 19.8 Å². The molecule has 1 aliphatic rings. The highest BCUT2D eigenvalue weighted by Gasteiger charge is 2.40. The van der Waals surface area contributed by atoms with Crippen LogP contribution in [-0.2, 0) is 23.9 Å². The molecule has 0 aliphatic carbocycles. The molecule has 2 amide bonds. The molecule has 0 radical (unpaired) electrons. The van der Waals surface area contributed by atoms with Crippen molar-refractivity contribution in [1.82, 2.24) is 4.90 Å². The maximum atomic E-state index is 13.3. The number of ether oxygens (including phenoxy) is 2. The molecule has 5 N–H and O–H groups in total. The number of allylic oxidation sites excluding steroid dienone is 3. The van der Waals surface area contributed by atoms with Crippen LogP contribution in [0.5, 0.6) is 0 Å². The predicted molar refractivity (Wildman–Crippen MR) is 141 cm³/mol. The molecule has 2 rings (SSSR count). The number of morpholine rings is 1. The Balaban J connectivity index is 2.23. The number of carbonyl (C=O) groups is 3. The van der Waals surface area contributed by atoms with E-state index in [9.17, 15) is 19.5 Å². The number of nitrogens with two attached hydrogens (primary N) is 1. The minimum Gasteiger partial charge on any atom is -0.465 e. The molecular weight excluding hydrogens is 476 g/mol. The fraction of sp³-hybridized carbons (Fsp3) is 0.481. The lowest BCUT2D eigenvalue weighted by molar-refractivity contribution is -0.163. The second-order valence-corrected chi connectivity index (χ2v) is 9.24. The van der Waals surface area contributed by atoms with E-state index in [0.29, 0.717) is 34.5 Å². The first kappa shape index (κ1) is 29.7. The summed E-state index contributed by atoms with van der Waals surface area (Å²) in [6.07, 6.45) is 0.907. The third-order valence-corrected chi connectivity index (χ3v) is 6.31. The molecule has 0 bridgehead atoms. The second-order valence-electron chi connectivity index (χ2n) is 9.24. The molecule has 0 spiro atoms. The highest BCUT2D eigenvalue weighted by atomic mass is 16.5. The van der Waals surface area contributed by atoms with Gasteiger partial charge in [0.2, 0.25) is 0 Å². The molecule has 0 unspecified atom stereocenters. The molecule has 0 aromatic heterocycles. The number of anilines is 1. The van der Waals surface area contributed by atoms with E-state index in [0.717, 1.165) is 0 Å². The molecule has 10 heteroatoms. The molecule has 0 saturated carbocycles. The summed E-state index contributed by atoms with van der Waals surface area (Å²) >= 11 is 0. The highest BCUT2D eigenvalue weighted by Crippen LogP contribution is 2.31. The molecule has 1 aliphatic heterocycles. The lowest BCUT2D eigenvalue weighted by Crippen LogP contribution is -2.54. The van der Waals surface area contributed by atoms with Crippen molar-refractivity contribution in [2.45, 2.75) is 60.2 Å². The summed E-state index contributed by atoms with van der Waals surface area (Å²) in [4.78, 5) is 40.1.